The molecule has 1 aromatic rings. The van der Waals surface area contributed by atoms with E-state index >= 15 is 0 Å². The summed E-state index contributed by atoms with van der Waals surface area (Å²) in [7, 11) is 4.09. The Morgan fingerprint density at radius 2 is 2.05 bits per heavy atom. The van der Waals surface area contributed by atoms with E-state index < -0.39 is 0 Å². The molecule has 5 heteroatoms. The fourth-order valence-corrected chi connectivity index (χ4v) is 2.13. The Balaban J connectivity index is 2.11. The van der Waals surface area contributed by atoms with Gasteiger partial charge in [0.15, 0.2) is 5.82 Å². The maximum absolute atomic E-state index is 13.6. The van der Waals surface area contributed by atoms with Crippen LogP contribution in [0.4, 0.5) is 10.1 Å². The highest BCUT2D eigenvalue weighted by atomic mass is 79.9. The monoisotopic (exact) mass is 337 g/mol. The quantitative estimate of drug-likeness (QED) is 0.725. The smallest absolute Gasteiger partial charge is 0.151 e. The molecular formula is C15H17BrFN3. The zero-order valence-electron chi connectivity index (χ0n) is 11.8. The first kappa shape index (κ1) is 15.1. The van der Waals surface area contributed by atoms with Crippen LogP contribution in [0.15, 0.2) is 56.8 Å². The number of hydrogen-bond donors (Lipinski definition) is 0. The molecule has 1 atom stereocenters. The molecule has 3 nitrogen and oxygen atoms in total. The van der Waals surface area contributed by atoms with Crippen molar-refractivity contribution in [1.29, 1.82) is 0 Å². The fourth-order valence-electron chi connectivity index (χ4n) is 1.79. The summed E-state index contributed by atoms with van der Waals surface area (Å²) in [5.74, 6) is -0.387. The maximum atomic E-state index is 13.6. The van der Waals surface area contributed by atoms with Crippen molar-refractivity contribution in [3.05, 3.63) is 52.4 Å². The molecule has 0 saturated heterocycles. The van der Waals surface area contributed by atoms with E-state index in [1.54, 1.807) is 12.1 Å². The number of hydrogen-bond acceptors (Lipinski definition) is 3. The molecule has 0 aliphatic heterocycles. The predicted molar refractivity (Wildman–Crippen MR) is 82.5 cm³/mol. The van der Waals surface area contributed by atoms with E-state index in [0.29, 0.717) is 4.47 Å². The molecule has 20 heavy (non-hydrogen) atoms. The van der Waals surface area contributed by atoms with Crippen molar-refractivity contribution in [2.45, 2.75) is 18.9 Å². The number of azo groups is 1. The lowest BCUT2D eigenvalue weighted by Crippen LogP contribution is -2.39. The number of halogens is 2. The van der Waals surface area contributed by atoms with Gasteiger partial charge in [0.2, 0.25) is 0 Å². The second-order valence-corrected chi connectivity index (χ2v) is 6.13. The highest BCUT2D eigenvalue weighted by Crippen LogP contribution is 2.27. The lowest BCUT2D eigenvalue weighted by atomic mass is 9.91. The van der Waals surface area contributed by atoms with E-state index in [2.05, 4.69) is 44.1 Å². The zero-order chi connectivity index (χ0) is 14.8. The number of rotatable bonds is 3. The highest BCUT2D eigenvalue weighted by molar-refractivity contribution is 9.10. The Bertz CT molecular complexity index is 593. The van der Waals surface area contributed by atoms with Crippen LogP contribution >= 0.6 is 15.9 Å². The van der Waals surface area contributed by atoms with Gasteiger partial charge in [0.25, 0.3) is 0 Å². The molecule has 1 unspecified atom stereocenters. The van der Waals surface area contributed by atoms with Gasteiger partial charge in [-0.25, -0.2) is 4.39 Å². The van der Waals surface area contributed by atoms with Gasteiger partial charge in [0.05, 0.1) is 5.70 Å². The third kappa shape index (κ3) is 3.41. The van der Waals surface area contributed by atoms with Crippen molar-refractivity contribution in [3.63, 3.8) is 0 Å². The maximum Gasteiger partial charge on any atom is 0.151 e. The van der Waals surface area contributed by atoms with Gasteiger partial charge in [0.1, 0.15) is 5.69 Å². The predicted octanol–water partition coefficient (Wildman–Crippen LogP) is 4.84. The van der Waals surface area contributed by atoms with Gasteiger partial charge in [-0.1, -0.05) is 28.1 Å². The van der Waals surface area contributed by atoms with Gasteiger partial charge in [-0.2, -0.15) is 5.11 Å². The number of benzene rings is 1. The zero-order valence-corrected chi connectivity index (χ0v) is 13.4. The number of nitrogens with zero attached hydrogens (tertiary/aromatic N) is 3. The lowest BCUT2D eigenvalue weighted by Gasteiger charge is -2.34. The lowest BCUT2D eigenvalue weighted by molar-refractivity contribution is 0.230. The minimum atomic E-state index is -0.387. The van der Waals surface area contributed by atoms with Crippen LogP contribution in [0, 0.1) is 5.82 Å². The Kier molecular flexibility index (Phi) is 4.50. The van der Waals surface area contributed by atoms with Gasteiger partial charge in [0, 0.05) is 10.0 Å². The highest BCUT2D eigenvalue weighted by Gasteiger charge is 2.24. The summed E-state index contributed by atoms with van der Waals surface area (Å²) < 4.78 is 14.3. The second kappa shape index (κ2) is 5.97. The molecule has 0 radical (unpaired) electrons. The summed E-state index contributed by atoms with van der Waals surface area (Å²) in [6.07, 6.45) is 6.89. The minimum Gasteiger partial charge on any atom is -0.300 e. The fraction of sp³-hybridized carbons (Fsp3) is 0.333. The van der Waals surface area contributed by atoms with Crippen LogP contribution in [0.25, 0.3) is 0 Å². The Morgan fingerprint density at radius 3 is 2.60 bits per heavy atom. The molecular weight excluding hydrogens is 321 g/mol. The Morgan fingerprint density at radius 1 is 1.30 bits per heavy atom. The summed E-state index contributed by atoms with van der Waals surface area (Å²) in [6.45, 7) is 2.16. The molecule has 1 aliphatic carbocycles. The van der Waals surface area contributed by atoms with Crippen LogP contribution in [-0.2, 0) is 0 Å². The summed E-state index contributed by atoms with van der Waals surface area (Å²) in [5.41, 5.74) is 0.997. The molecule has 0 saturated carbocycles. The van der Waals surface area contributed by atoms with E-state index in [4.69, 9.17) is 0 Å². The van der Waals surface area contributed by atoms with Crippen LogP contribution in [0.1, 0.15) is 13.3 Å². The summed E-state index contributed by atoms with van der Waals surface area (Å²) in [4.78, 5) is 2.16. The minimum absolute atomic E-state index is 0.00187. The SMILES string of the molecule is CN(C)C1(C)C=CC(N=Nc2ccc(Br)cc2F)=CC1. The molecule has 106 valence electrons. The van der Waals surface area contributed by atoms with Crippen molar-refractivity contribution in [1.82, 2.24) is 4.90 Å². The van der Waals surface area contributed by atoms with Gasteiger partial charge < -0.3 is 4.90 Å². The molecule has 0 heterocycles. The normalized spacial score (nSPS) is 22.6. The molecule has 0 aromatic heterocycles. The topological polar surface area (TPSA) is 28.0 Å². The Hall–Kier alpha value is -1.33. The van der Waals surface area contributed by atoms with E-state index in [1.165, 1.54) is 6.07 Å². The largest absolute Gasteiger partial charge is 0.300 e. The van der Waals surface area contributed by atoms with Crippen molar-refractivity contribution < 1.29 is 4.39 Å². The van der Waals surface area contributed by atoms with Crippen LogP contribution in [-0.4, -0.2) is 24.5 Å². The van der Waals surface area contributed by atoms with E-state index in [1.807, 2.05) is 26.2 Å². The Labute approximate surface area is 127 Å². The second-order valence-electron chi connectivity index (χ2n) is 5.21. The summed E-state index contributed by atoms with van der Waals surface area (Å²) >= 11 is 3.21. The van der Waals surface area contributed by atoms with E-state index in [-0.39, 0.29) is 17.0 Å². The number of likely N-dealkylation sites (N-methyl/N-ethyl adjacent to an activating group) is 1. The first-order valence-electron chi connectivity index (χ1n) is 6.34. The molecule has 1 aromatic carbocycles. The van der Waals surface area contributed by atoms with Crippen LogP contribution < -0.4 is 0 Å². The standard InChI is InChI=1S/C15H17BrFN3/c1-15(20(2)3)8-6-12(7-9-15)18-19-14-5-4-11(16)10-13(14)17/h4-8,10H,9H2,1-3H3. The van der Waals surface area contributed by atoms with Crippen molar-refractivity contribution >= 4 is 21.6 Å². The van der Waals surface area contributed by atoms with Crippen molar-refractivity contribution in [3.8, 4) is 0 Å². The summed E-state index contributed by atoms with van der Waals surface area (Å²) in [5, 5.41) is 8.05. The van der Waals surface area contributed by atoms with E-state index in [0.717, 1.165) is 12.1 Å². The van der Waals surface area contributed by atoms with Gasteiger partial charge in [-0.15, -0.1) is 5.11 Å². The molecule has 1 aliphatic rings. The molecule has 0 bridgehead atoms. The average molecular weight is 338 g/mol. The van der Waals surface area contributed by atoms with Crippen LogP contribution in [0.2, 0.25) is 0 Å². The average Bonchev–Trinajstić information content (AvgIpc) is 2.39. The van der Waals surface area contributed by atoms with Crippen molar-refractivity contribution in [2.75, 3.05) is 14.1 Å². The first-order chi connectivity index (χ1) is 9.40. The molecule has 0 fully saturated rings. The molecule has 0 spiro atoms. The number of allylic oxidation sites excluding steroid dienone is 1. The van der Waals surface area contributed by atoms with Gasteiger partial charge >= 0.3 is 0 Å². The summed E-state index contributed by atoms with van der Waals surface area (Å²) in [6, 6.07) is 4.72. The third-order valence-electron chi connectivity index (χ3n) is 3.54. The molecule has 0 N–H and O–H groups in total. The van der Waals surface area contributed by atoms with Crippen molar-refractivity contribution in [2.24, 2.45) is 10.2 Å². The molecule has 2 rings (SSSR count). The molecule has 0 amide bonds. The van der Waals surface area contributed by atoms with E-state index in [9.17, 15) is 4.39 Å². The first-order valence-corrected chi connectivity index (χ1v) is 7.14. The van der Waals surface area contributed by atoms with Gasteiger partial charge in [-0.3, -0.25) is 0 Å². The van der Waals surface area contributed by atoms with Gasteiger partial charge in [-0.05, 0) is 51.7 Å². The van der Waals surface area contributed by atoms with Crippen LogP contribution in [0.5, 0.6) is 0 Å². The third-order valence-corrected chi connectivity index (χ3v) is 4.04. The van der Waals surface area contributed by atoms with Crippen LogP contribution in [0.3, 0.4) is 0 Å².